The Balaban J connectivity index is 0. The Kier molecular flexibility index (Phi) is 11.4. The van der Waals surface area contributed by atoms with Crippen molar-refractivity contribution in [1.82, 2.24) is 4.98 Å². The summed E-state index contributed by atoms with van der Waals surface area (Å²) in [5.74, 6) is -0.224. The Hall–Kier alpha value is -1.57. The second-order valence-corrected chi connectivity index (χ2v) is 4.34. The highest BCUT2D eigenvalue weighted by Gasteiger charge is 2.16. The number of hydrogen-bond acceptors (Lipinski definition) is 5. The summed E-state index contributed by atoms with van der Waals surface area (Å²) in [6, 6.07) is 2.62. The molecule has 1 aromatic heterocycles. The molecule has 126 valence electrons. The predicted octanol–water partition coefficient (Wildman–Crippen LogP) is 0.913. The van der Waals surface area contributed by atoms with Crippen molar-refractivity contribution in [2.45, 2.75) is 26.3 Å². The number of carbonyl (C=O) groups is 2. The molecule has 9 heteroatoms. The summed E-state index contributed by atoms with van der Waals surface area (Å²) in [7, 11) is 0. The van der Waals surface area contributed by atoms with Crippen molar-refractivity contribution in [2.24, 2.45) is 11.5 Å². The van der Waals surface area contributed by atoms with Crippen LogP contribution in [0.5, 0.6) is 0 Å². The molecule has 1 atom stereocenters. The minimum absolute atomic E-state index is 0. The second kappa shape index (κ2) is 11.1. The van der Waals surface area contributed by atoms with Crippen molar-refractivity contribution < 1.29 is 9.59 Å². The number of carbonyl (C=O) groups excluding carboxylic acids is 2. The molecule has 1 heterocycles. The molecule has 0 bridgehead atoms. The summed E-state index contributed by atoms with van der Waals surface area (Å²) in [6.07, 6.45) is 1.37. The van der Waals surface area contributed by atoms with Crippen LogP contribution in [0.15, 0.2) is 18.3 Å². The van der Waals surface area contributed by atoms with Gasteiger partial charge >= 0.3 is 0 Å². The van der Waals surface area contributed by atoms with E-state index in [4.69, 9.17) is 11.5 Å². The second-order valence-electron chi connectivity index (χ2n) is 4.34. The number of rotatable bonds is 7. The van der Waals surface area contributed by atoms with Gasteiger partial charge in [0.15, 0.2) is 0 Å². The molecule has 1 rings (SSSR count). The topological polar surface area (TPSA) is 114 Å². The Morgan fingerprint density at radius 2 is 1.86 bits per heavy atom. The Morgan fingerprint density at radius 1 is 1.27 bits per heavy atom. The lowest BCUT2D eigenvalue weighted by Gasteiger charge is -2.19. The van der Waals surface area contributed by atoms with Crippen LogP contribution in [0.3, 0.4) is 0 Å². The molecule has 0 aliphatic heterocycles. The molecule has 2 amide bonds. The zero-order chi connectivity index (χ0) is 15.1. The maximum atomic E-state index is 11.7. The lowest BCUT2D eigenvalue weighted by Crippen LogP contribution is -2.39. The smallest absolute Gasteiger partial charge is 0.241 e. The Bertz CT molecular complexity index is 466. The fraction of sp³-hybridized carbons (Fsp3) is 0.462. The number of anilines is 2. The summed E-state index contributed by atoms with van der Waals surface area (Å²) in [5.41, 5.74) is 11.1. The number of amides is 2. The first-order valence-corrected chi connectivity index (χ1v) is 6.53. The van der Waals surface area contributed by atoms with Crippen molar-refractivity contribution in [3.63, 3.8) is 0 Å². The van der Waals surface area contributed by atoms with Crippen LogP contribution in [0.2, 0.25) is 0 Å². The maximum absolute atomic E-state index is 11.7. The van der Waals surface area contributed by atoms with E-state index >= 15 is 0 Å². The predicted molar refractivity (Wildman–Crippen MR) is 92.7 cm³/mol. The zero-order valence-corrected chi connectivity index (χ0v) is 14.2. The molecule has 0 fully saturated rings. The molecule has 0 saturated carbocycles. The fourth-order valence-electron chi connectivity index (χ4n) is 1.74. The summed E-state index contributed by atoms with van der Waals surface area (Å²) >= 11 is 0. The first kappa shape index (κ1) is 22.7. The number of nitrogens with one attached hydrogen (secondary N) is 1. The Morgan fingerprint density at radius 3 is 2.27 bits per heavy atom. The monoisotopic (exact) mass is 351 g/mol. The van der Waals surface area contributed by atoms with Gasteiger partial charge in [-0.2, -0.15) is 0 Å². The molecule has 1 aromatic rings. The molecule has 0 spiro atoms. The van der Waals surface area contributed by atoms with E-state index in [-0.39, 0.29) is 31.2 Å². The van der Waals surface area contributed by atoms with Crippen LogP contribution >= 0.6 is 24.8 Å². The number of primary amides is 1. The van der Waals surface area contributed by atoms with E-state index in [0.29, 0.717) is 5.69 Å². The number of aromatic nitrogens is 1. The van der Waals surface area contributed by atoms with Crippen LogP contribution in [-0.2, 0) is 9.59 Å². The molecule has 0 aliphatic rings. The van der Waals surface area contributed by atoms with Gasteiger partial charge in [-0.1, -0.05) is 0 Å². The van der Waals surface area contributed by atoms with Gasteiger partial charge in [-0.25, -0.2) is 4.98 Å². The molecule has 0 radical (unpaired) electrons. The largest absolute Gasteiger partial charge is 0.370 e. The van der Waals surface area contributed by atoms with Crippen LogP contribution in [-0.4, -0.2) is 35.9 Å². The number of nitrogens with two attached hydrogens (primary N) is 2. The van der Waals surface area contributed by atoms with E-state index in [1.54, 1.807) is 12.3 Å². The molecular weight excluding hydrogens is 329 g/mol. The van der Waals surface area contributed by atoms with E-state index in [1.807, 2.05) is 19.9 Å². The number of pyridine rings is 1. The van der Waals surface area contributed by atoms with Crippen LogP contribution in [0.4, 0.5) is 11.5 Å². The molecular formula is C13H23Cl2N5O2. The van der Waals surface area contributed by atoms with Crippen molar-refractivity contribution in [1.29, 1.82) is 0 Å². The number of halogens is 2. The van der Waals surface area contributed by atoms with Gasteiger partial charge in [0.25, 0.3) is 0 Å². The normalized spacial score (nSPS) is 10.7. The van der Waals surface area contributed by atoms with Gasteiger partial charge in [0, 0.05) is 13.1 Å². The highest BCUT2D eigenvalue weighted by molar-refractivity contribution is 5.97. The van der Waals surface area contributed by atoms with Crippen LogP contribution in [0, 0.1) is 0 Å². The van der Waals surface area contributed by atoms with E-state index in [2.05, 4.69) is 15.2 Å². The van der Waals surface area contributed by atoms with Gasteiger partial charge in [0.1, 0.15) is 5.82 Å². The minimum atomic E-state index is -0.949. The van der Waals surface area contributed by atoms with E-state index in [0.717, 1.165) is 18.9 Å². The lowest BCUT2D eigenvalue weighted by molar-refractivity contribution is -0.123. The first-order valence-electron chi connectivity index (χ1n) is 6.53. The number of hydrogen-bond donors (Lipinski definition) is 3. The summed E-state index contributed by atoms with van der Waals surface area (Å²) in [6.45, 7) is 5.81. The summed E-state index contributed by atoms with van der Waals surface area (Å²) in [5, 5.41) is 2.60. The standard InChI is InChI=1S/C13H21N5O2.2ClH/c1-3-18(4-2)12-6-5-9(8-16-12)17-13(20)10(14)7-11(15)19;;/h5-6,8,10H,3-4,7,14H2,1-2H3,(H2,15,19)(H,17,20);2*1H. The van der Waals surface area contributed by atoms with Crippen molar-refractivity contribution in [3.05, 3.63) is 18.3 Å². The molecule has 0 saturated heterocycles. The quantitative estimate of drug-likeness (QED) is 0.675. The van der Waals surface area contributed by atoms with Gasteiger partial charge in [0.05, 0.1) is 24.3 Å². The third-order valence-electron chi connectivity index (χ3n) is 2.86. The fourth-order valence-corrected chi connectivity index (χ4v) is 1.74. The molecule has 0 aromatic carbocycles. The average molecular weight is 352 g/mol. The van der Waals surface area contributed by atoms with Crippen molar-refractivity contribution in [3.8, 4) is 0 Å². The Labute approximate surface area is 142 Å². The first-order chi connectivity index (χ1) is 9.47. The molecule has 1 unspecified atom stereocenters. The number of nitrogens with zero attached hydrogens (tertiary/aromatic N) is 2. The summed E-state index contributed by atoms with van der Waals surface area (Å²) in [4.78, 5) is 28.8. The maximum Gasteiger partial charge on any atom is 0.241 e. The van der Waals surface area contributed by atoms with E-state index < -0.39 is 17.9 Å². The van der Waals surface area contributed by atoms with Gasteiger partial charge in [-0.05, 0) is 26.0 Å². The van der Waals surface area contributed by atoms with Crippen molar-refractivity contribution >= 4 is 48.1 Å². The van der Waals surface area contributed by atoms with Gasteiger partial charge in [-0.3, -0.25) is 9.59 Å². The minimum Gasteiger partial charge on any atom is -0.370 e. The highest BCUT2D eigenvalue weighted by atomic mass is 35.5. The van der Waals surface area contributed by atoms with E-state index in [1.165, 1.54) is 0 Å². The lowest BCUT2D eigenvalue weighted by atomic mass is 10.2. The van der Waals surface area contributed by atoms with Gasteiger partial charge in [-0.15, -0.1) is 24.8 Å². The van der Waals surface area contributed by atoms with Gasteiger partial charge < -0.3 is 21.7 Å². The van der Waals surface area contributed by atoms with E-state index in [9.17, 15) is 9.59 Å². The van der Waals surface area contributed by atoms with Crippen molar-refractivity contribution in [2.75, 3.05) is 23.3 Å². The molecule has 0 aliphatic carbocycles. The summed E-state index contributed by atoms with van der Waals surface area (Å²) < 4.78 is 0. The zero-order valence-electron chi connectivity index (χ0n) is 12.6. The highest BCUT2D eigenvalue weighted by Crippen LogP contribution is 2.14. The third-order valence-corrected chi connectivity index (χ3v) is 2.86. The van der Waals surface area contributed by atoms with Crippen LogP contribution < -0.4 is 21.7 Å². The van der Waals surface area contributed by atoms with Gasteiger partial charge in [0.2, 0.25) is 11.8 Å². The molecule has 22 heavy (non-hydrogen) atoms. The average Bonchev–Trinajstić information content (AvgIpc) is 2.41. The van der Waals surface area contributed by atoms with Crippen LogP contribution in [0.1, 0.15) is 20.3 Å². The van der Waals surface area contributed by atoms with Crippen LogP contribution in [0.25, 0.3) is 0 Å². The molecule has 5 N–H and O–H groups in total. The third kappa shape index (κ3) is 6.93. The molecule has 7 nitrogen and oxygen atoms in total. The SMILES string of the molecule is CCN(CC)c1ccc(NC(=O)C(N)CC(N)=O)cn1.Cl.Cl.